The lowest BCUT2D eigenvalue weighted by Gasteiger charge is -2.19. The summed E-state index contributed by atoms with van der Waals surface area (Å²) in [5.41, 5.74) is 16.5. The van der Waals surface area contributed by atoms with Gasteiger partial charge in [0.2, 0.25) is 0 Å². The first kappa shape index (κ1) is 32.2. The highest BCUT2D eigenvalue weighted by Gasteiger charge is 2.19. The van der Waals surface area contributed by atoms with Crippen LogP contribution in [-0.4, -0.2) is 59.7 Å². The number of likely N-dealkylation sites (tertiary alicyclic amines) is 1. The first-order valence-corrected chi connectivity index (χ1v) is 15.8. The van der Waals surface area contributed by atoms with Crippen molar-refractivity contribution in [1.29, 1.82) is 0 Å². The minimum Gasteiger partial charge on any atom is -0.492 e. The van der Waals surface area contributed by atoms with Crippen LogP contribution in [0.1, 0.15) is 50.7 Å². The third kappa shape index (κ3) is 8.11. The van der Waals surface area contributed by atoms with Crippen LogP contribution in [-0.2, 0) is 16.1 Å². The summed E-state index contributed by atoms with van der Waals surface area (Å²) in [5.74, 6) is 0.753. The number of hydrogen-bond donors (Lipinski definition) is 2. The van der Waals surface area contributed by atoms with Crippen molar-refractivity contribution in [3.63, 3.8) is 0 Å². The Morgan fingerprint density at radius 3 is 1.98 bits per heavy atom. The third-order valence-corrected chi connectivity index (χ3v) is 8.24. The van der Waals surface area contributed by atoms with E-state index in [1.807, 2.05) is 36.4 Å². The molecule has 0 amide bonds. The fourth-order valence-corrected chi connectivity index (χ4v) is 5.73. The molecule has 0 radical (unpaired) electrons. The minimum atomic E-state index is -0.724. The van der Waals surface area contributed by atoms with Crippen LogP contribution in [0.2, 0.25) is 0 Å². The van der Waals surface area contributed by atoms with E-state index < -0.39 is 24.0 Å². The number of nitrogens with zero attached hydrogens (tertiary/aromatic N) is 2. The Kier molecular flexibility index (Phi) is 10.5. The summed E-state index contributed by atoms with van der Waals surface area (Å²) < 4.78 is 19.3. The van der Waals surface area contributed by atoms with E-state index in [1.165, 1.54) is 25.7 Å². The molecule has 0 spiro atoms. The maximum atomic E-state index is 12.2. The van der Waals surface area contributed by atoms with Crippen LogP contribution in [0.15, 0.2) is 66.7 Å². The Labute approximate surface area is 265 Å². The molecule has 238 valence electrons. The van der Waals surface area contributed by atoms with Gasteiger partial charge in [-0.2, -0.15) is 0 Å². The Balaban J connectivity index is 1.40. The lowest BCUT2D eigenvalue weighted by molar-refractivity contribution is -0.136. The second kappa shape index (κ2) is 14.7. The van der Waals surface area contributed by atoms with Gasteiger partial charge in [-0.25, -0.2) is 9.59 Å². The van der Waals surface area contributed by atoms with Gasteiger partial charge in [-0.15, -0.1) is 0 Å². The summed E-state index contributed by atoms with van der Waals surface area (Å²) in [6.45, 7) is 9.79. The van der Waals surface area contributed by atoms with Crippen molar-refractivity contribution in [3.8, 4) is 28.5 Å². The van der Waals surface area contributed by atoms with Crippen molar-refractivity contribution in [3.05, 3.63) is 77.9 Å². The Bertz CT molecular complexity index is 1600. The van der Waals surface area contributed by atoms with E-state index in [1.54, 1.807) is 32.0 Å². The molecular formula is C36H44N4O5. The molecule has 1 aliphatic heterocycles. The second-order valence-corrected chi connectivity index (χ2v) is 11.9. The average molecular weight is 613 g/mol. The lowest BCUT2D eigenvalue weighted by atomic mass is 10.1. The second-order valence-electron chi connectivity index (χ2n) is 11.9. The summed E-state index contributed by atoms with van der Waals surface area (Å²) in [7, 11) is 0. The molecule has 2 unspecified atom stereocenters. The van der Waals surface area contributed by atoms with Crippen molar-refractivity contribution in [2.75, 3.05) is 26.2 Å². The van der Waals surface area contributed by atoms with Crippen molar-refractivity contribution in [2.24, 2.45) is 11.5 Å². The van der Waals surface area contributed by atoms with E-state index in [0.29, 0.717) is 24.7 Å². The molecule has 0 saturated carbocycles. The van der Waals surface area contributed by atoms with Crippen molar-refractivity contribution < 1.29 is 23.8 Å². The molecule has 2 atom stereocenters. The van der Waals surface area contributed by atoms with Crippen molar-refractivity contribution in [2.45, 2.75) is 65.1 Å². The van der Waals surface area contributed by atoms with Gasteiger partial charge in [0.15, 0.2) is 0 Å². The molecule has 45 heavy (non-hydrogen) atoms. The molecule has 1 aromatic heterocycles. The van der Waals surface area contributed by atoms with Gasteiger partial charge >= 0.3 is 11.9 Å². The van der Waals surface area contributed by atoms with Gasteiger partial charge in [0.05, 0.1) is 5.69 Å². The van der Waals surface area contributed by atoms with Gasteiger partial charge in [-0.1, -0.05) is 25.0 Å². The average Bonchev–Trinajstić information content (AvgIpc) is 3.16. The van der Waals surface area contributed by atoms with Crippen LogP contribution in [0.5, 0.6) is 17.2 Å². The Morgan fingerprint density at radius 2 is 1.36 bits per heavy atom. The van der Waals surface area contributed by atoms with E-state index >= 15 is 0 Å². The number of carbonyl (C=O) groups excluding carboxylic acids is 2. The highest BCUT2D eigenvalue weighted by molar-refractivity contribution is 5.93. The summed E-state index contributed by atoms with van der Waals surface area (Å²) in [6.07, 6.45) is 5.20. The van der Waals surface area contributed by atoms with Crippen molar-refractivity contribution in [1.82, 2.24) is 9.47 Å². The van der Waals surface area contributed by atoms with E-state index in [9.17, 15) is 9.59 Å². The maximum absolute atomic E-state index is 12.2. The summed E-state index contributed by atoms with van der Waals surface area (Å²) in [5, 5.41) is 0.959. The number of carbonyl (C=O) groups is 2. The van der Waals surface area contributed by atoms with E-state index in [2.05, 4.69) is 28.5 Å². The number of rotatable bonds is 11. The predicted octanol–water partition coefficient (Wildman–Crippen LogP) is 5.43. The highest BCUT2D eigenvalue weighted by atomic mass is 16.5. The lowest BCUT2D eigenvalue weighted by Crippen LogP contribution is -2.30. The maximum Gasteiger partial charge on any atom is 0.328 e. The smallest absolute Gasteiger partial charge is 0.328 e. The van der Waals surface area contributed by atoms with Crippen LogP contribution in [0.25, 0.3) is 22.2 Å². The van der Waals surface area contributed by atoms with Crippen LogP contribution in [0, 0.1) is 6.92 Å². The number of hydrogen-bond acceptors (Lipinski definition) is 8. The summed E-state index contributed by atoms with van der Waals surface area (Å²) in [4.78, 5) is 26.7. The molecule has 5 rings (SSSR count). The third-order valence-electron chi connectivity index (χ3n) is 8.24. The normalized spacial score (nSPS) is 15.3. The quantitative estimate of drug-likeness (QED) is 0.170. The number of nitrogens with two attached hydrogens (primary N) is 2. The van der Waals surface area contributed by atoms with Gasteiger partial charge < -0.3 is 30.2 Å². The van der Waals surface area contributed by atoms with Crippen molar-refractivity contribution >= 4 is 22.8 Å². The number of ether oxygens (including phenoxy) is 3. The molecule has 2 heterocycles. The molecule has 0 aliphatic carbocycles. The molecule has 4 aromatic rings. The number of benzene rings is 3. The number of esters is 2. The zero-order valence-corrected chi connectivity index (χ0v) is 26.5. The van der Waals surface area contributed by atoms with Crippen LogP contribution < -0.4 is 25.7 Å². The molecule has 3 aromatic carbocycles. The number of aromatic nitrogens is 1. The SMILES string of the molecule is Cc1c(-c2ccc(OC(=O)C(C)N)cc2)n(Cc2ccc(OCCN3CCCCCC3)cc2)c2ccc(OC(=O)C(C)N)cc12. The van der Waals surface area contributed by atoms with Gasteiger partial charge in [0.25, 0.3) is 0 Å². The van der Waals surface area contributed by atoms with Crippen LogP contribution >= 0.6 is 0 Å². The largest absolute Gasteiger partial charge is 0.492 e. The topological polar surface area (TPSA) is 122 Å². The monoisotopic (exact) mass is 612 g/mol. The summed E-state index contributed by atoms with van der Waals surface area (Å²) in [6, 6.07) is 19.9. The fraction of sp³-hybridized carbons (Fsp3) is 0.389. The molecule has 1 aliphatic rings. The van der Waals surface area contributed by atoms with Gasteiger partial charge in [-0.05, 0) is 118 Å². The molecule has 9 nitrogen and oxygen atoms in total. The molecular weight excluding hydrogens is 568 g/mol. The van der Waals surface area contributed by atoms with E-state index in [-0.39, 0.29) is 0 Å². The number of fused-ring (bicyclic) bond motifs is 1. The van der Waals surface area contributed by atoms with E-state index in [0.717, 1.165) is 58.7 Å². The first-order valence-electron chi connectivity index (χ1n) is 15.8. The van der Waals surface area contributed by atoms with Crippen LogP contribution in [0.3, 0.4) is 0 Å². The highest BCUT2D eigenvalue weighted by Crippen LogP contribution is 2.36. The fourth-order valence-electron chi connectivity index (χ4n) is 5.73. The van der Waals surface area contributed by atoms with Gasteiger partial charge in [0.1, 0.15) is 35.9 Å². The number of aryl methyl sites for hydroxylation is 1. The summed E-state index contributed by atoms with van der Waals surface area (Å²) >= 11 is 0. The van der Waals surface area contributed by atoms with Gasteiger partial charge in [-0.3, -0.25) is 4.90 Å². The van der Waals surface area contributed by atoms with Crippen LogP contribution in [0.4, 0.5) is 0 Å². The molecule has 4 N–H and O–H groups in total. The molecule has 0 bridgehead atoms. The standard InChI is InChI=1S/C36H44N4O5/c1-24-32-22-31(45-36(42)26(3)38)16-17-33(32)40(34(24)28-10-14-30(15-11-28)44-35(41)25(2)37)23-27-8-12-29(13-9-27)43-21-20-39-18-6-4-5-7-19-39/h8-17,22,25-26H,4-7,18-21,23,37-38H2,1-3H3. The zero-order chi connectivity index (χ0) is 31.9. The molecule has 1 fully saturated rings. The molecule has 9 heteroatoms. The Morgan fingerprint density at radius 1 is 0.778 bits per heavy atom. The minimum absolute atomic E-state index is 0.429. The Hall–Kier alpha value is -4.18. The van der Waals surface area contributed by atoms with Gasteiger partial charge in [0, 0.05) is 24.0 Å². The van der Waals surface area contributed by atoms with E-state index in [4.69, 9.17) is 25.7 Å². The first-order chi connectivity index (χ1) is 21.7. The molecule has 1 saturated heterocycles. The zero-order valence-electron chi connectivity index (χ0n) is 26.5. The predicted molar refractivity (Wildman–Crippen MR) is 177 cm³/mol.